The molecular formula is C30H26F5N3O4. The molecule has 7 nitrogen and oxygen atoms in total. The van der Waals surface area contributed by atoms with Gasteiger partial charge in [-0.25, -0.2) is 13.6 Å². The van der Waals surface area contributed by atoms with Gasteiger partial charge in [-0.15, -0.1) is 0 Å². The molecule has 0 unspecified atom stereocenters. The van der Waals surface area contributed by atoms with Gasteiger partial charge >= 0.3 is 11.9 Å². The molecule has 3 aromatic carbocycles. The van der Waals surface area contributed by atoms with E-state index in [0.717, 1.165) is 16.7 Å². The average Bonchev–Trinajstić information content (AvgIpc) is 2.94. The van der Waals surface area contributed by atoms with E-state index in [0.29, 0.717) is 16.2 Å². The molecule has 1 atom stereocenters. The van der Waals surface area contributed by atoms with Crippen molar-refractivity contribution < 1.29 is 31.5 Å². The van der Waals surface area contributed by atoms with Gasteiger partial charge in [0.2, 0.25) is 5.91 Å². The van der Waals surface area contributed by atoms with Gasteiger partial charge < -0.3 is 10.1 Å². The first-order chi connectivity index (χ1) is 19.8. The van der Waals surface area contributed by atoms with Crippen LogP contribution >= 0.6 is 0 Å². The molecule has 42 heavy (non-hydrogen) atoms. The lowest BCUT2D eigenvalue weighted by Gasteiger charge is -2.23. The van der Waals surface area contributed by atoms with E-state index in [-0.39, 0.29) is 22.6 Å². The van der Waals surface area contributed by atoms with Crippen molar-refractivity contribution in [3.05, 3.63) is 122 Å². The van der Waals surface area contributed by atoms with Gasteiger partial charge in [0.05, 0.1) is 37.4 Å². The Kier molecular flexibility index (Phi) is 8.64. The minimum Gasteiger partial charge on any atom is -0.494 e. The molecular weight excluding hydrogens is 561 g/mol. The van der Waals surface area contributed by atoms with Gasteiger partial charge in [-0.05, 0) is 30.7 Å². The number of nitrogens with one attached hydrogen (secondary N) is 1. The molecule has 0 aliphatic carbocycles. The van der Waals surface area contributed by atoms with Crippen LogP contribution in [0.5, 0.6) is 5.75 Å². The molecule has 0 aliphatic heterocycles. The highest BCUT2D eigenvalue weighted by Gasteiger charge is 2.35. The van der Waals surface area contributed by atoms with Crippen LogP contribution in [0.3, 0.4) is 0 Å². The normalized spacial score (nSPS) is 12.2. The molecule has 4 rings (SSSR count). The van der Waals surface area contributed by atoms with Crippen LogP contribution in [0.25, 0.3) is 11.1 Å². The summed E-state index contributed by atoms with van der Waals surface area (Å²) in [6, 6.07) is 13.8. The van der Waals surface area contributed by atoms with E-state index in [1.807, 2.05) is 0 Å². The molecule has 1 N–H and O–H groups in total. The summed E-state index contributed by atoms with van der Waals surface area (Å²) in [4.78, 5) is 39.7. The number of ether oxygens (including phenoxy) is 1. The molecule has 220 valence electrons. The Morgan fingerprint density at radius 1 is 0.952 bits per heavy atom. The van der Waals surface area contributed by atoms with Crippen LogP contribution in [0, 0.1) is 18.6 Å². The summed E-state index contributed by atoms with van der Waals surface area (Å²) in [6.07, 6.45) is -4.95. The number of alkyl halides is 3. The number of amides is 1. The van der Waals surface area contributed by atoms with Crippen LogP contribution in [0.2, 0.25) is 0 Å². The minimum atomic E-state index is -4.95. The smallest absolute Gasteiger partial charge is 0.416 e. The predicted molar refractivity (Wildman–Crippen MR) is 145 cm³/mol. The largest absolute Gasteiger partial charge is 0.494 e. The van der Waals surface area contributed by atoms with E-state index in [4.69, 9.17) is 4.74 Å². The molecule has 1 heterocycles. The summed E-state index contributed by atoms with van der Waals surface area (Å²) >= 11 is 0. The van der Waals surface area contributed by atoms with Gasteiger partial charge in [-0.1, -0.05) is 48.5 Å². The number of halogens is 5. The second-order valence-corrected chi connectivity index (χ2v) is 9.49. The molecule has 0 saturated heterocycles. The molecule has 0 spiro atoms. The quantitative estimate of drug-likeness (QED) is 0.287. The average molecular weight is 588 g/mol. The molecule has 0 saturated carbocycles. The summed E-state index contributed by atoms with van der Waals surface area (Å²) in [5.74, 6) is -2.86. The summed E-state index contributed by atoms with van der Waals surface area (Å²) in [5, 5.41) is 2.66. The Morgan fingerprint density at radius 3 is 2.24 bits per heavy atom. The monoisotopic (exact) mass is 587 g/mol. The van der Waals surface area contributed by atoms with Crippen molar-refractivity contribution in [2.24, 2.45) is 0 Å². The molecule has 1 amide bonds. The van der Waals surface area contributed by atoms with Crippen molar-refractivity contribution in [3.8, 4) is 16.9 Å². The van der Waals surface area contributed by atoms with Crippen LogP contribution in [-0.4, -0.2) is 22.2 Å². The van der Waals surface area contributed by atoms with Crippen LogP contribution in [0.1, 0.15) is 35.3 Å². The summed E-state index contributed by atoms with van der Waals surface area (Å²) in [6.45, 7) is 1.13. The number of carbonyl (C=O) groups excluding carboxylic acids is 1. The first-order valence-corrected chi connectivity index (χ1v) is 12.7. The van der Waals surface area contributed by atoms with E-state index in [2.05, 4.69) is 5.32 Å². The number of aromatic nitrogens is 2. The highest BCUT2D eigenvalue weighted by atomic mass is 19.4. The Bertz CT molecular complexity index is 1750. The Hall–Kier alpha value is -4.74. The van der Waals surface area contributed by atoms with Crippen molar-refractivity contribution in [1.82, 2.24) is 14.5 Å². The topological polar surface area (TPSA) is 82.3 Å². The van der Waals surface area contributed by atoms with Gasteiger partial charge in [-0.3, -0.25) is 18.7 Å². The van der Waals surface area contributed by atoms with Crippen molar-refractivity contribution in [2.45, 2.75) is 39.2 Å². The van der Waals surface area contributed by atoms with Gasteiger partial charge in [0.25, 0.3) is 5.56 Å². The fourth-order valence-electron chi connectivity index (χ4n) is 4.81. The third-order valence-electron chi connectivity index (χ3n) is 6.83. The standard InChI is InChI=1S/C30H26F5N3O4/c1-17-26(20-11-7-14-25(42-3)27(20)32)28(40)38(16-24(36-18(2)39)19-9-5-4-6-10-19)29(41)37(17)15-21-22(30(33,34)35)12-8-13-23(21)31/h4-14,24H,15-16H2,1-3H3,(H,36,39)/t24-/m0/s1. The molecule has 0 radical (unpaired) electrons. The van der Waals surface area contributed by atoms with E-state index in [9.17, 15) is 31.9 Å². The molecule has 4 aromatic rings. The maximum atomic E-state index is 15.5. The number of hydrogen-bond acceptors (Lipinski definition) is 4. The number of hydrogen-bond donors (Lipinski definition) is 1. The van der Waals surface area contributed by atoms with Crippen LogP contribution in [0.15, 0.2) is 76.3 Å². The van der Waals surface area contributed by atoms with Crippen molar-refractivity contribution in [2.75, 3.05) is 7.11 Å². The first kappa shape index (κ1) is 30.2. The highest BCUT2D eigenvalue weighted by molar-refractivity contribution is 5.73. The molecule has 1 aromatic heterocycles. The second kappa shape index (κ2) is 12.0. The van der Waals surface area contributed by atoms with Crippen LogP contribution in [-0.2, 0) is 24.1 Å². The number of benzene rings is 3. The third-order valence-corrected chi connectivity index (χ3v) is 6.83. The third kappa shape index (κ3) is 5.97. The molecule has 12 heteroatoms. The second-order valence-electron chi connectivity index (χ2n) is 9.49. The number of rotatable bonds is 8. The van der Waals surface area contributed by atoms with Gasteiger partial charge in [0, 0.05) is 23.7 Å². The van der Waals surface area contributed by atoms with Crippen molar-refractivity contribution >= 4 is 5.91 Å². The molecule has 0 fully saturated rings. The number of methoxy groups -OCH3 is 1. The zero-order valence-corrected chi connectivity index (χ0v) is 22.8. The Balaban J connectivity index is 2.03. The maximum Gasteiger partial charge on any atom is 0.416 e. The number of nitrogens with zero attached hydrogens (tertiary/aromatic N) is 2. The summed E-state index contributed by atoms with van der Waals surface area (Å²) in [5.41, 5.74) is -4.47. The highest BCUT2D eigenvalue weighted by Crippen LogP contribution is 2.34. The van der Waals surface area contributed by atoms with E-state index < -0.39 is 65.2 Å². The minimum absolute atomic E-state index is 0.194. The number of carbonyl (C=O) groups is 1. The lowest BCUT2D eigenvalue weighted by atomic mass is 10.0. The zero-order valence-electron chi connectivity index (χ0n) is 22.8. The lowest BCUT2D eigenvalue weighted by molar-refractivity contribution is -0.138. The fourth-order valence-corrected chi connectivity index (χ4v) is 4.81. The van der Waals surface area contributed by atoms with E-state index in [1.165, 1.54) is 39.2 Å². The fraction of sp³-hybridized carbons (Fsp3) is 0.233. The Labute approximate surface area is 236 Å². The van der Waals surface area contributed by atoms with Crippen molar-refractivity contribution in [3.63, 3.8) is 0 Å². The van der Waals surface area contributed by atoms with Crippen LogP contribution < -0.4 is 21.3 Å². The predicted octanol–water partition coefficient (Wildman–Crippen LogP) is 5.22. The van der Waals surface area contributed by atoms with E-state index in [1.54, 1.807) is 30.3 Å². The van der Waals surface area contributed by atoms with Gasteiger partial charge in [0.1, 0.15) is 5.82 Å². The SMILES string of the molecule is COc1cccc(-c2c(C)n(Cc3c(F)cccc3C(F)(F)F)c(=O)n(C[C@H](NC(C)=O)c3ccccc3)c2=O)c1F. The molecule has 0 aliphatic rings. The van der Waals surface area contributed by atoms with E-state index >= 15 is 4.39 Å². The Morgan fingerprint density at radius 2 is 1.62 bits per heavy atom. The van der Waals surface area contributed by atoms with Crippen molar-refractivity contribution in [1.29, 1.82) is 0 Å². The first-order valence-electron chi connectivity index (χ1n) is 12.7. The van der Waals surface area contributed by atoms with Crippen LogP contribution in [0.4, 0.5) is 22.0 Å². The van der Waals surface area contributed by atoms with Gasteiger partial charge in [0.15, 0.2) is 11.6 Å². The summed E-state index contributed by atoms with van der Waals surface area (Å²) < 4.78 is 78.3. The lowest BCUT2D eigenvalue weighted by Crippen LogP contribution is -2.45. The molecule has 0 bridgehead atoms. The maximum absolute atomic E-state index is 15.5. The summed E-state index contributed by atoms with van der Waals surface area (Å²) in [7, 11) is 1.21. The zero-order chi connectivity index (χ0) is 30.8. The van der Waals surface area contributed by atoms with Gasteiger partial charge in [-0.2, -0.15) is 13.2 Å².